The SMILES string of the molecule is Fc1ccccc1.[C-]#[N+]c1ccc2c(n1)c(N1C[C@@H](C)N(C(C)c3ccc(F)cc3OC)C[C@@H]1C)c([N+](=O)[O-])c(=O)n2C. The molecule has 0 spiro atoms. The van der Waals surface area contributed by atoms with E-state index in [2.05, 4.69) is 14.7 Å². The zero-order chi connectivity index (χ0) is 31.4. The first-order valence-corrected chi connectivity index (χ1v) is 13.6. The summed E-state index contributed by atoms with van der Waals surface area (Å²) < 4.78 is 32.3. The van der Waals surface area contributed by atoms with Crippen molar-refractivity contribution < 1.29 is 18.4 Å². The summed E-state index contributed by atoms with van der Waals surface area (Å²) >= 11 is 0. The molecule has 5 rings (SSSR count). The number of anilines is 1. The van der Waals surface area contributed by atoms with Crippen molar-refractivity contribution in [2.45, 2.75) is 38.9 Å². The van der Waals surface area contributed by atoms with Crippen LogP contribution in [0, 0.1) is 28.3 Å². The highest BCUT2D eigenvalue weighted by atomic mass is 19.1. The topological polar surface area (TPSA) is 98.1 Å². The van der Waals surface area contributed by atoms with Crippen LogP contribution >= 0.6 is 0 Å². The molecule has 1 unspecified atom stereocenters. The number of ether oxygens (including phenoxy) is 1. The maximum Gasteiger partial charge on any atom is 0.361 e. The fourth-order valence-corrected chi connectivity index (χ4v) is 5.50. The molecule has 0 saturated carbocycles. The van der Waals surface area contributed by atoms with Gasteiger partial charge < -0.3 is 19.0 Å². The molecule has 4 aromatic rings. The molecule has 224 valence electrons. The zero-order valence-electron chi connectivity index (χ0n) is 24.5. The molecule has 1 saturated heterocycles. The molecule has 0 bridgehead atoms. The monoisotopic (exact) mass is 590 g/mol. The third kappa shape index (κ3) is 6.32. The van der Waals surface area contributed by atoms with Crippen molar-refractivity contribution in [3.05, 3.63) is 110 Å². The summed E-state index contributed by atoms with van der Waals surface area (Å²) in [6, 6.07) is 15.0. The summed E-state index contributed by atoms with van der Waals surface area (Å²) in [5.41, 5.74) is 0.346. The molecular formula is C31H32F2N6O4. The van der Waals surface area contributed by atoms with Crippen molar-refractivity contribution in [3.8, 4) is 5.75 Å². The number of aromatic nitrogens is 2. The Kier molecular flexibility index (Phi) is 9.36. The number of nitro groups is 1. The first kappa shape index (κ1) is 31.1. The number of nitrogens with zero attached hydrogens (tertiary/aromatic N) is 6. The number of hydrogen-bond acceptors (Lipinski definition) is 7. The number of halogens is 2. The smallest absolute Gasteiger partial charge is 0.361 e. The second kappa shape index (κ2) is 13.0. The summed E-state index contributed by atoms with van der Waals surface area (Å²) in [7, 11) is 2.96. The van der Waals surface area contributed by atoms with Gasteiger partial charge in [-0.25, -0.2) is 8.78 Å². The minimum Gasteiger partial charge on any atom is -0.496 e. The number of hydrogen-bond donors (Lipinski definition) is 0. The summed E-state index contributed by atoms with van der Waals surface area (Å²) in [4.78, 5) is 36.3. The Bertz CT molecular complexity index is 1740. The molecule has 10 nitrogen and oxygen atoms in total. The lowest BCUT2D eigenvalue weighted by atomic mass is 9.99. The third-order valence-electron chi connectivity index (χ3n) is 7.67. The summed E-state index contributed by atoms with van der Waals surface area (Å²) in [5.74, 6) is -0.0189. The van der Waals surface area contributed by atoms with Crippen LogP contribution in [0.1, 0.15) is 32.4 Å². The van der Waals surface area contributed by atoms with Gasteiger partial charge in [-0.15, -0.1) is 4.98 Å². The molecule has 0 aliphatic carbocycles. The van der Waals surface area contributed by atoms with E-state index in [9.17, 15) is 23.7 Å². The number of pyridine rings is 2. The molecule has 12 heteroatoms. The number of benzene rings is 2. The molecule has 43 heavy (non-hydrogen) atoms. The van der Waals surface area contributed by atoms with Crippen LogP contribution in [-0.4, -0.2) is 51.7 Å². The molecule has 3 atom stereocenters. The number of methoxy groups -OCH3 is 1. The molecule has 0 N–H and O–H groups in total. The summed E-state index contributed by atoms with van der Waals surface area (Å²) in [5, 5.41) is 12.1. The van der Waals surface area contributed by atoms with Crippen LogP contribution in [0.4, 0.5) is 26.0 Å². The van der Waals surface area contributed by atoms with E-state index < -0.39 is 16.2 Å². The Hall–Kier alpha value is -4.89. The van der Waals surface area contributed by atoms with Crippen LogP contribution in [0.15, 0.2) is 65.5 Å². The van der Waals surface area contributed by atoms with Crippen LogP contribution < -0.4 is 15.2 Å². The maximum absolute atomic E-state index is 13.8. The average Bonchev–Trinajstić information content (AvgIpc) is 2.99. The highest BCUT2D eigenvalue weighted by Gasteiger charge is 2.39. The highest BCUT2D eigenvalue weighted by molar-refractivity contribution is 5.94. The Labute approximate surface area is 247 Å². The minimum absolute atomic E-state index is 0.0892. The van der Waals surface area contributed by atoms with Gasteiger partial charge in [0, 0.05) is 49.9 Å². The first-order chi connectivity index (χ1) is 20.5. The van der Waals surface area contributed by atoms with Crippen LogP contribution in [0.2, 0.25) is 0 Å². The van der Waals surface area contributed by atoms with E-state index >= 15 is 0 Å². The number of fused-ring (bicyclic) bond motifs is 1. The van der Waals surface area contributed by atoms with Crippen molar-refractivity contribution in [1.29, 1.82) is 0 Å². The largest absolute Gasteiger partial charge is 0.496 e. The molecule has 3 heterocycles. The van der Waals surface area contributed by atoms with Gasteiger partial charge in [0.15, 0.2) is 5.69 Å². The maximum atomic E-state index is 13.8. The van der Waals surface area contributed by atoms with Crippen molar-refractivity contribution >= 4 is 28.2 Å². The zero-order valence-corrected chi connectivity index (χ0v) is 24.5. The Balaban J connectivity index is 0.000000530. The van der Waals surface area contributed by atoms with Crippen LogP contribution in [0.25, 0.3) is 15.9 Å². The van der Waals surface area contributed by atoms with Gasteiger partial charge in [-0.05, 0) is 51.1 Å². The van der Waals surface area contributed by atoms with E-state index in [-0.39, 0.29) is 46.8 Å². The van der Waals surface area contributed by atoms with E-state index in [1.165, 1.54) is 49.1 Å². The molecule has 1 aliphatic heterocycles. The fraction of sp³-hybridized carbons (Fsp3) is 0.323. The van der Waals surface area contributed by atoms with Crippen molar-refractivity contribution in [3.63, 3.8) is 0 Å². The first-order valence-electron chi connectivity index (χ1n) is 13.6. The second-order valence-electron chi connectivity index (χ2n) is 10.4. The Morgan fingerprint density at radius 3 is 2.35 bits per heavy atom. The number of rotatable bonds is 5. The average molecular weight is 591 g/mol. The van der Waals surface area contributed by atoms with E-state index in [1.54, 1.807) is 30.3 Å². The van der Waals surface area contributed by atoms with E-state index in [4.69, 9.17) is 11.3 Å². The normalized spacial score (nSPS) is 17.5. The lowest BCUT2D eigenvalue weighted by Crippen LogP contribution is -2.57. The molecule has 2 aromatic heterocycles. The van der Waals surface area contributed by atoms with Gasteiger partial charge in [0.25, 0.3) is 5.82 Å². The van der Waals surface area contributed by atoms with Gasteiger partial charge in [-0.3, -0.25) is 19.8 Å². The van der Waals surface area contributed by atoms with E-state index in [0.29, 0.717) is 24.4 Å². The van der Waals surface area contributed by atoms with Gasteiger partial charge >= 0.3 is 11.2 Å². The number of aryl methyl sites for hydroxylation is 1. The second-order valence-corrected chi connectivity index (χ2v) is 10.4. The van der Waals surface area contributed by atoms with Crippen LogP contribution in [-0.2, 0) is 7.05 Å². The molecule has 0 radical (unpaired) electrons. The highest BCUT2D eigenvalue weighted by Crippen LogP contribution is 2.39. The molecule has 1 fully saturated rings. The Morgan fingerprint density at radius 1 is 1.07 bits per heavy atom. The van der Waals surface area contributed by atoms with Crippen molar-refractivity contribution in [2.24, 2.45) is 7.05 Å². The van der Waals surface area contributed by atoms with Gasteiger partial charge in [-0.2, -0.15) is 0 Å². The fourth-order valence-electron chi connectivity index (χ4n) is 5.50. The molecule has 0 amide bonds. The lowest BCUT2D eigenvalue weighted by Gasteiger charge is -2.47. The summed E-state index contributed by atoms with van der Waals surface area (Å²) in [6.45, 7) is 14.2. The van der Waals surface area contributed by atoms with Crippen molar-refractivity contribution in [2.75, 3.05) is 25.1 Å². The lowest BCUT2D eigenvalue weighted by molar-refractivity contribution is -0.385. The molecular weight excluding hydrogens is 558 g/mol. The van der Waals surface area contributed by atoms with Crippen LogP contribution in [0.5, 0.6) is 5.75 Å². The van der Waals surface area contributed by atoms with Gasteiger partial charge in [0.2, 0.25) is 5.52 Å². The van der Waals surface area contributed by atoms with E-state index in [1.807, 2.05) is 25.7 Å². The standard InChI is InChI=1S/C25H27FN6O4.C6H5F/c1-14-13-31(15(2)12-30(14)16(3)18-8-7-17(26)11-20(18)36-6)23-22-19(9-10-21(27-4)28-22)29(5)25(33)24(23)32(34)35;7-6-4-2-1-3-5-6/h7-11,14-16H,12-13H2,1-3,5-6H3;1-5H/t14-,15+,16?;/m1./s1. The van der Waals surface area contributed by atoms with E-state index in [0.717, 1.165) is 5.56 Å². The van der Waals surface area contributed by atoms with Gasteiger partial charge in [0.05, 0.1) is 17.5 Å². The van der Waals surface area contributed by atoms with Crippen molar-refractivity contribution in [1.82, 2.24) is 14.5 Å². The molecule has 1 aliphatic rings. The molecule has 2 aromatic carbocycles. The van der Waals surface area contributed by atoms with Gasteiger partial charge in [-0.1, -0.05) is 30.8 Å². The van der Waals surface area contributed by atoms with Crippen LogP contribution in [0.3, 0.4) is 0 Å². The quantitative estimate of drug-likeness (QED) is 0.159. The predicted octanol–water partition coefficient (Wildman–Crippen LogP) is 6.03. The predicted molar refractivity (Wildman–Crippen MR) is 161 cm³/mol. The Morgan fingerprint density at radius 2 is 1.77 bits per heavy atom. The van der Waals surface area contributed by atoms with Gasteiger partial charge in [0.1, 0.15) is 17.4 Å². The summed E-state index contributed by atoms with van der Waals surface area (Å²) in [6.07, 6.45) is 0. The minimum atomic E-state index is -0.730. The third-order valence-corrected chi connectivity index (χ3v) is 7.67. The number of piperazine rings is 1.